The number of aryl methyl sites for hydroxylation is 1. The molecule has 1 aliphatic rings. The summed E-state index contributed by atoms with van der Waals surface area (Å²) < 4.78 is 24.5. The third-order valence-corrected chi connectivity index (χ3v) is 6.28. The predicted octanol–water partition coefficient (Wildman–Crippen LogP) is 1.82. The Labute approximate surface area is 103 Å². The first-order valence-electron chi connectivity index (χ1n) is 6.00. The molecule has 0 bridgehead atoms. The molecule has 0 spiro atoms. The van der Waals surface area contributed by atoms with Crippen LogP contribution in [0.15, 0.2) is 24.3 Å². The Bertz CT molecular complexity index is 508. The van der Waals surface area contributed by atoms with Crippen molar-refractivity contribution in [1.82, 2.24) is 0 Å². The fourth-order valence-corrected chi connectivity index (χ4v) is 4.18. The average Bonchev–Trinajstić information content (AvgIpc) is 2.29. The molecule has 0 heterocycles. The van der Waals surface area contributed by atoms with Crippen molar-refractivity contribution in [2.24, 2.45) is 5.73 Å². The molecule has 0 aliphatic heterocycles. The molecular formula is C13H19NO2S. The fourth-order valence-electron chi connectivity index (χ4n) is 2.48. The summed E-state index contributed by atoms with van der Waals surface area (Å²) >= 11 is 0. The van der Waals surface area contributed by atoms with Gasteiger partial charge in [0.05, 0.1) is 10.5 Å². The van der Waals surface area contributed by atoms with Gasteiger partial charge < -0.3 is 5.73 Å². The van der Waals surface area contributed by atoms with E-state index in [-0.39, 0.29) is 11.3 Å². The molecule has 0 fully saturated rings. The first-order chi connectivity index (χ1) is 7.94. The zero-order valence-electron chi connectivity index (χ0n) is 10.3. The van der Waals surface area contributed by atoms with Gasteiger partial charge in [-0.15, -0.1) is 0 Å². The maximum absolute atomic E-state index is 12.2. The van der Waals surface area contributed by atoms with Crippen molar-refractivity contribution in [2.45, 2.75) is 43.2 Å². The van der Waals surface area contributed by atoms with Gasteiger partial charge >= 0.3 is 0 Å². The van der Waals surface area contributed by atoms with Gasteiger partial charge in [-0.2, -0.15) is 0 Å². The minimum absolute atomic E-state index is 0.358. The molecule has 17 heavy (non-hydrogen) atoms. The molecule has 4 heteroatoms. The molecule has 1 aromatic carbocycles. The second-order valence-electron chi connectivity index (χ2n) is 4.94. The second kappa shape index (κ2) is 4.42. The van der Waals surface area contributed by atoms with Crippen LogP contribution < -0.4 is 5.73 Å². The number of sulfone groups is 1. The van der Waals surface area contributed by atoms with E-state index in [0.717, 1.165) is 12.0 Å². The van der Waals surface area contributed by atoms with Crippen LogP contribution in [0.4, 0.5) is 0 Å². The molecule has 2 rings (SSSR count). The summed E-state index contributed by atoms with van der Waals surface area (Å²) in [4.78, 5) is 0. The van der Waals surface area contributed by atoms with E-state index in [1.54, 1.807) is 13.8 Å². The molecule has 0 radical (unpaired) electrons. The molecular weight excluding hydrogens is 234 g/mol. The Morgan fingerprint density at radius 2 is 1.94 bits per heavy atom. The van der Waals surface area contributed by atoms with Crippen molar-refractivity contribution in [1.29, 1.82) is 0 Å². The standard InChI is InChI=1S/C13H19NO2S/c1-9(2)17(15,16)12-8-7-10-5-3-4-6-11(10)13(12)14/h3-6,9,12-13H,7-8,14H2,1-2H3. The van der Waals surface area contributed by atoms with Gasteiger partial charge in [-0.1, -0.05) is 24.3 Å². The summed E-state index contributed by atoms with van der Waals surface area (Å²) in [6.45, 7) is 3.45. The lowest BCUT2D eigenvalue weighted by molar-refractivity contribution is 0.515. The van der Waals surface area contributed by atoms with Crippen molar-refractivity contribution in [3.63, 3.8) is 0 Å². The topological polar surface area (TPSA) is 60.2 Å². The lowest BCUT2D eigenvalue weighted by Gasteiger charge is -2.31. The average molecular weight is 253 g/mol. The lowest BCUT2D eigenvalue weighted by Crippen LogP contribution is -2.40. The Hall–Kier alpha value is -0.870. The van der Waals surface area contributed by atoms with Crippen LogP contribution in [-0.2, 0) is 16.3 Å². The van der Waals surface area contributed by atoms with Crippen molar-refractivity contribution in [3.8, 4) is 0 Å². The van der Waals surface area contributed by atoms with E-state index < -0.39 is 15.1 Å². The van der Waals surface area contributed by atoms with Crippen molar-refractivity contribution in [3.05, 3.63) is 35.4 Å². The normalized spacial score (nSPS) is 24.7. The van der Waals surface area contributed by atoms with Gasteiger partial charge in [-0.05, 0) is 37.8 Å². The minimum Gasteiger partial charge on any atom is -0.323 e. The molecule has 0 saturated heterocycles. The molecule has 2 unspecified atom stereocenters. The first kappa shape index (κ1) is 12.6. The molecule has 3 nitrogen and oxygen atoms in total. The number of benzene rings is 1. The van der Waals surface area contributed by atoms with Crippen LogP contribution in [0.2, 0.25) is 0 Å². The zero-order valence-corrected chi connectivity index (χ0v) is 11.1. The highest BCUT2D eigenvalue weighted by Crippen LogP contribution is 2.33. The third kappa shape index (κ3) is 2.11. The highest BCUT2D eigenvalue weighted by Gasteiger charge is 2.37. The van der Waals surface area contributed by atoms with Gasteiger partial charge in [0.2, 0.25) is 0 Å². The fraction of sp³-hybridized carbons (Fsp3) is 0.538. The zero-order chi connectivity index (χ0) is 12.6. The molecule has 0 aromatic heterocycles. The van der Waals surface area contributed by atoms with E-state index >= 15 is 0 Å². The highest BCUT2D eigenvalue weighted by molar-refractivity contribution is 7.92. The van der Waals surface area contributed by atoms with Gasteiger partial charge in [0.15, 0.2) is 9.84 Å². The monoisotopic (exact) mass is 253 g/mol. The largest absolute Gasteiger partial charge is 0.323 e. The molecule has 1 aliphatic carbocycles. The smallest absolute Gasteiger partial charge is 0.157 e. The molecule has 0 saturated carbocycles. The summed E-state index contributed by atoms with van der Waals surface area (Å²) in [5.74, 6) is 0. The number of nitrogens with two attached hydrogens (primary N) is 1. The van der Waals surface area contributed by atoms with E-state index in [1.807, 2.05) is 24.3 Å². The Morgan fingerprint density at radius 1 is 1.29 bits per heavy atom. The molecule has 0 amide bonds. The summed E-state index contributed by atoms with van der Waals surface area (Å²) in [7, 11) is -3.12. The Balaban J connectivity index is 2.39. The minimum atomic E-state index is -3.12. The van der Waals surface area contributed by atoms with E-state index in [9.17, 15) is 8.42 Å². The number of hydrogen-bond donors (Lipinski definition) is 1. The summed E-state index contributed by atoms with van der Waals surface area (Å²) in [6, 6.07) is 7.49. The highest BCUT2D eigenvalue weighted by atomic mass is 32.2. The van der Waals surface area contributed by atoms with Crippen LogP contribution >= 0.6 is 0 Å². The van der Waals surface area contributed by atoms with E-state index in [4.69, 9.17) is 5.73 Å². The Kier molecular flexibility index (Phi) is 3.27. The van der Waals surface area contributed by atoms with E-state index in [1.165, 1.54) is 5.56 Å². The maximum atomic E-state index is 12.2. The number of hydrogen-bond acceptors (Lipinski definition) is 3. The van der Waals surface area contributed by atoms with Gasteiger partial charge in [0.1, 0.15) is 0 Å². The number of rotatable bonds is 2. The SMILES string of the molecule is CC(C)S(=O)(=O)C1CCc2ccccc2C1N. The van der Waals surface area contributed by atoms with Crippen LogP contribution in [0.3, 0.4) is 0 Å². The molecule has 1 aromatic rings. The molecule has 94 valence electrons. The molecule has 2 N–H and O–H groups in total. The van der Waals surface area contributed by atoms with E-state index in [0.29, 0.717) is 6.42 Å². The summed E-state index contributed by atoms with van der Waals surface area (Å²) in [5.41, 5.74) is 8.32. The van der Waals surface area contributed by atoms with Gasteiger partial charge in [-0.25, -0.2) is 8.42 Å². The van der Waals surface area contributed by atoms with Crippen molar-refractivity contribution < 1.29 is 8.42 Å². The number of fused-ring (bicyclic) bond motifs is 1. The second-order valence-corrected chi connectivity index (χ2v) is 7.67. The third-order valence-electron chi connectivity index (χ3n) is 3.59. The van der Waals surface area contributed by atoms with Gasteiger partial charge in [0, 0.05) is 6.04 Å². The van der Waals surface area contributed by atoms with Crippen LogP contribution in [0.25, 0.3) is 0 Å². The van der Waals surface area contributed by atoms with Crippen LogP contribution in [0.5, 0.6) is 0 Å². The Morgan fingerprint density at radius 3 is 2.59 bits per heavy atom. The van der Waals surface area contributed by atoms with E-state index in [2.05, 4.69) is 0 Å². The van der Waals surface area contributed by atoms with Crippen LogP contribution in [0, 0.1) is 0 Å². The predicted molar refractivity (Wildman–Crippen MR) is 69.5 cm³/mol. The van der Waals surface area contributed by atoms with Crippen LogP contribution in [-0.4, -0.2) is 18.9 Å². The quantitative estimate of drug-likeness (QED) is 0.874. The van der Waals surface area contributed by atoms with Crippen LogP contribution in [0.1, 0.15) is 37.4 Å². The van der Waals surface area contributed by atoms with Crippen molar-refractivity contribution >= 4 is 9.84 Å². The lowest BCUT2D eigenvalue weighted by atomic mass is 9.88. The summed E-state index contributed by atoms with van der Waals surface area (Å²) in [5, 5.41) is -0.791. The summed E-state index contributed by atoms with van der Waals surface area (Å²) in [6.07, 6.45) is 1.44. The van der Waals surface area contributed by atoms with Gasteiger partial charge in [0.25, 0.3) is 0 Å². The first-order valence-corrected chi connectivity index (χ1v) is 7.61. The molecule has 2 atom stereocenters. The van der Waals surface area contributed by atoms with Crippen molar-refractivity contribution in [2.75, 3.05) is 0 Å². The van der Waals surface area contributed by atoms with Gasteiger partial charge in [-0.3, -0.25) is 0 Å². The maximum Gasteiger partial charge on any atom is 0.157 e.